The van der Waals surface area contributed by atoms with Gasteiger partial charge in [0.2, 0.25) is 0 Å². The van der Waals surface area contributed by atoms with E-state index < -0.39 is 0 Å². The van der Waals surface area contributed by atoms with Gasteiger partial charge in [-0.3, -0.25) is 0 Å². The van der Waals surface area contributed by atoms with E-state index in [-0.39, 0.29) is 6.04 Å². The van der Waals surface area contributed by atoms with Crippen LogP contribution in [0.5, 0.6) is 0 Å². The highest BCUT2D eigenvalue weighted by Crippen LogP contribution is 2.28. The molecule has 4 heteroatoms. The minimum atomic E-state index is 0.213. The first-order valence-corrected chi connectivity index (χ1v) is 6.03. The molecular weight excluding hydrogens is 212 g/mol. The number of hydrogen-bond donors (Lipinski definition) is 1. The highest BCUT2D eigenvalue weighted by molar-refractivity contribution is 5.28. The van der Waals surface area contributed by atoms with Crippen molar-refractivity contribution in [3.05, 3.63) is 47.8 Å². The molecule has 1 atom stereocenters. The second-order valence-corrected chi connectivity index (χ2v) is 4.55. The lowest BCUT2D eigenvalue weighted by molar-refractivity contribution is 0.546. The molecule has 0 spiro atoms. The highest BCUT2D eigenvalue weighted by atomic mass is 15.0. The molecule has 1 aliphatic rings. The number of nitrogens with two attached hydrogens (primary N) is 1. The van der Waals surface area contributed by atoms with Gasteiger partial charge in [0.25, 0.3) is 0 Å². The first kappa shape index (κ1) is 10.5. The Kier molecular flexibility index (Phi) is 2.65. The van der Waals surface area contributed by atoms with Crippen LogP contribution < -0.4 is 5.73 Å². The van der Waals surface area contributed by atoms with E-state index in [2.05, 4.69) is 26.8 Å². The SMILES string of the molecule is NC1CCCc2c1ccn2Cc1ccncn1. The Morgan fingerprint density at radius 2 is 2.35 bits per heavy atom. The summed E-state index contributed by atoms with van der Waals surface area (Å²) in [5.41, 5.74) is 9.84. The van der Waals surface area contributed by atoms with Gasteiger partial charge in [0.1, 0.15) is 6.33 Å². The maximum atomic E-state index is 6.11. The monoisotopic (exact) mass is 228 g/mol. The summed E-state index contributed by atoms with van der Waals surface area (Å²) >= 11 is 0. The van der Waals surface area contributed by atoms with Crippen molar-refractivity contribution in [2.24, 2.45) is 5.73 Å². The molecule has 2 aromatic rings. The maximum absolute atomic E-state index is 6.11. The molecule has 88 valence electrons. The van der Waals surface area contributed by atoms with E-state index in [1.807, 2.05) is 6.07 Å². The smallest absolute Gasteiger partial charge is 0.115 e. The molecule has 17 heavy (non-hydrogen) atoms. The second kappa shape index (κ2) is 4.30. The van der Waals surface area contributed by atoms with E-state index in [1.54, 1.807) is 12.5 Å². The Balaban J connectivity index is 1.90. The van der Waals surface area contributed by atoms with E-state index in [9.17, 15) is 0 Å². The van der Waals surface area contributed by atoms with Crippen LogP contribution in [0.4, 0.5) is 0 Å². The molecule has 0 radical (unpaired) electrons. The van der Waals surface area contributed by atoms with Crippen LogP contribution in [0.2, 0.25) is 0 Å². The summed E-state index contributed by atoms with van der Waals surface area (Å²) in [7, 11) is 0. The summed E-state index contributed by atoms with van der Waals surface area (Å²) in [5, 5.41) is 0. The van der Waals surface area contributed by atoms with E-state index in [0.29, 0.717) is 0 Å². The van der Waals surface area contributed by atoms with E-state index in [1.165, 1.54) is 17.7 Å². The number of hydrogen-bond acceptors (Lipinski definition) is 3. The predicted molar refractivity (Wildman–Crippen MR) is 65.4 cm³/mol. The molecule has 1 aliphatic carbocycles. The molecule has 0 aliphatic heterocycles. The summed E-state index contributed by atoms with van der Waals surface area (Å²) in [6, 6.07) is 4.32. The highest BCUT2D eigenvalue weighted by Gasteiger charge is 2.19. The Morgan fingerprint density at radius 3 is 3.18 bits per heavy atom. The van der Waals surface area contributed by atoms with Crippen LogP contribution >= 0.6 is 0 Å². The Labute approximate surface area is 101 Å². The number of aromatic nitrogens is 3. The van der Waals surface area contributed by atoms with Crippen molar-refractivity contribution in [2.45, 2.75) is 31.8 Å². The zero-order valence-corrected chi connectivity index (χ0v) is 9.71. The van der Waals surface area contributed by atoms with Gasteiger partial charge < -0.3 is 10.3 Å². The van der Waals surface area contributed by atoms with Crippen LogP contribution in [-0.2, 0) is 13.0 Å². The maximum Gasteiger partial charge on any atom is 0.115 e. The third-order valence-electron chi connectivity index (χ3n) is 3.42. The van der Waals surface area contributed by atoms with Gasteiger partial charge in [-0.2, -0.15) is 0 Å². The van der Waals surface area contributed by atoms with Crippen LogP contribution in [0.1, 0.15) is 35.8 Å². The average molecular weight is 228 g/mol. The zero-order chi connectivity index (χ0) is 11.7. The normalized spacial score (nSPS) is 19.0. The lowest BCUT2D eigenvalue weighted by atomic mass is 9.94. The minimum Gasteiger partial charge on any atom is -0.345 e. The van der Waals surface area contributed by atoms with Gasteiger partial charge >= 0.3 is 0 Å². The molecular formula is C13H16N4. The molecule has 3 rings (SSSR count). The first-order valence-electron chi connectivity index (χ1n) is 6.03. The van der Waals surface area contributed by atoms with Crippen LogP contribution in [0.3, 0.4) is 0 Å². The molecule has 2 aromatic heterocycles. The lowest BCUT2D eigenvalue weighted by Gasteiger charge is -2.20. The van der Waals surface area contributed by atoms with Crippen molar-refractivity contribution in [3.8, 4) is 0 Å². The first-order chi connectivity index (χ1) is 8.34. The van der Waals surface area contributed by atoms with Gasteiger partial charge in [-0.25, -0.2) is 9.97 Å². The van der Waals surface area contributed by atoms with Crippen LogP contribution in [-0.4, -0.2) is 14.5 Å². The van der Waals surface area contributed by atoms with E-state index in [4.69, 9.17) is 5.73 Å². The van der Waals surface area contributed by atoms with Gasteiger partial charge in [-0.15, -0.1) is 0 Å². The zero-order valence-electron chi connectivity index (χ0n) is 9.71. The molecule has 4 nitrogen and oxygen atoms in total. The third kappa shape index (κ3) is 1.96. The fourth-order valence-electron chi connectivity index (χ4n) is 2.53. The van der Waals surface area contributed by atoms with E-state index in [0.717, 1.165) is 25.1 Å². The van der Waals surface area contributed by atoms with Gasteiger partial charge in [0, 0.05) is 24.1 Å². The van der Waals surface area contributed by atoms with Crippen molar-refractivity contribution in [3.63, 3.8) is 0 Å². The Morgan fingerprint density at radius 1 is 1.41 bits per heavy atom. The van der Waals surface area contributed by atoms with Crippen molar-refractivity contribution in [1.82, 2.24) is 14.5 Å². The lowest BCUT2D eigenvalue weighted by Crippen LogP contribution is -2.18. The molecule has 0 bridgehead atoms. The summed E-state index contributed by atoms with van der Waals surface area (Å²) in [5.74, 6) is 0. The molecule has 2 N–H and O–H groups in total. The van der Waals surface area contributed by atoms with Crippen molar-refractivity contribution in [1.29, 1.82) is 0 Å². The third-order valence-corrected chi connectivity index (χ3v) is 3.42. The standard InChI is InChI=1S/C13H16N4/c14-12-2-1-3-13-11(12)5-7-17(13)8-10-4-6-15-9-16-10/h4-7,9,12H,1-3,8,14H2. The van der Waals surface area contributed by atoms with Gasteiger partial charge in [-0.1, -0.05) is 0 Å². The second-order valence-electron chi connectivity index (χ2n) is 4.55. The quantitative estimate of drug-likeness (QED) is 0.850. The topological polar surface area (TPSA) is 56.7 Å². The molecule has 0 fully saturated rings. The van der Waals surface area contributed by atoms with Gasteiger partial charge in [-0.05, 0) is 37.0 Å². The molecule has 2 heterocycles. The van der Waals surface area contributed by atoms with Gasteiger partial charge in [0.15, 0.2) is 0 Å². The summed E-state index contributed by atoms with van der Waals surface area (Å²) in [4.78, 5) is 8.19. The average Bonchev–Trinajstić information content (AvgIpc) is 2.76. The van der Waals surface area contributed by atoms with Crippen molar-refractivity contribution >= 4 is 0 Å². The number of nitrogens with zero attached hydrogens (tertiary/aromatic N) is 3. The van der Waals surface area contributed by atoms with Crippen molar-refractivity contribution < 1.29 is 0 Å². The molecule has 1 unspecified atom stereocenters. The molecule has 0 aromatic carbocycles. The largest absolute Gasteiger partial charge is 0.345 e. The predicted octanol–water partition coefficient (Wildman–Crippen LogP) is 1.66. The van der Waals surface area contributed by atoms with E-state index >= 15 is 0 Å². The van der Waals surface area contributed by atoms with Crippen LogP contribution in [0, 0.1) is 0 Å². The fraction of sp³-hybridized carbons (Fsp3) is 0.385. The molecule has 0 saturated heterocycles. The molecule has 0 amide bonds. The van der Waals surface area contributed by atoms with Crippen molar-refractivity contribution in [2.75, 3.05) is 0 Å². The minimum absolute atomic E-state index is 0.213. The van der Waals surface area contributed by atoms with Gasteiger partial charge in [0.05, 0.1) is 12.2 Å². The van der Waals surface area contributed by atoms with Crippen LogP contribution in [0.25, 0.3) is 0 Å². The Hall–Kier alpha value is -1.68. The Bertz CT molecular complexity index is 503. The molecule has 0 saturated carbocycles. The summed E-state index contributed by atoms with van der Waals surface area (Å²) < 4.78 is 2.26. The number of rotatable bonds is 2. The summed E-state index contributed by atoms with van der Waals surface area (Å²) in [6.07, 6.45) is 8.91. The summed E-state index contributed by atoms with van der Waals surface area (Å²) in [6.45, 7) is 0.810. The fourth-order valence-corrected chi connectivity index (χ4v) is 2.53. The number of fused-ring (bicyclic) bond motifs is 1. The van der Waals surface area contributed by atoms with Crippen LogP contribution in [0.15, 0.2) is 30.9 Å².